The average Bonchev–Trinajstić information content (AvgIpc) is 2.40. The fourth-order valence-corrected chi connectivity index (χ4v) is 4.28. The van der Waals surface area contributed by atoms with E-state index in [1.807, 2.05) is 24.3 Å². The third-order valence-electron chi connectivity index (χ3n) is 2.82. The lowest BCUT2D eigenvalue weighted by atomic mass is 9.92. The van der Waals surface area contributed by atoms with Gasteiger partial charge in [-0.15, -0.1) is 11.8 Å². The Morgan fingerprint density at radius 1 is 1.33 bits per heavy atom. The quantitative estimate of drug-likeness (QED) is 0.512. The molecule has 21 heavy (non-hydrogen) atoms. The summed E-state index contributed by atoms with van der Waals surface area (Å²) in [6.07, 6.45) is 0. The second kappa shape index (κ2) is 6.83. The van der Waals surface area contributed by atoms with Gasteiger partial charge in [-0.25, -0.2) is 4.98 Å². The monoisotopic (exact) mass is 478 g/mol. The number of aromatic nitrogens is 2. The van der Waals surface area contributed by atoms with Crippen molar-refractivity contribution in [1.82, 2.24) is 9.97 Å². The first-order valence-corrected chi connectivity index (χ1v) is 9.31. The van der Waals surface area contributed by atoms with Crippen LogP contribution in [0.5, 0.6) is 0 Å². The van der Waals surface area contributed by atoms with Crippen LogP contribution in [0.1, 0.15) is 32.3 Å². The van der Waals surface area contributed by atoms with Crippen molar-refractivity contribution in [2.75, 3.05) is 0 Å². The van der Waals surface area contributed by atoms with Gasteiger partial charge in [-0.05, 0) is 50.7 Å². The average molecular weight is 479 g/mol. The molecule has 0 bridgehead atoms. The van der Waals surface area contributed by atoms with E-state index < -0.39 is 0 Å². The fourth-order valence-electron chi connectivity index (χ4n) is 1.78. The first kappa shape index (κ1) is 17.0. The Hall–Kier alpha value is -0.340. The summed E-state index contributed by atoms with van der Waals surface area (Å²) in [6.45, 7) is 6.21. The first-order valence-electron chi connectivity index (χ1n) is 6.45. The zero-order chi connectivity index (χ0) is 15.6. The van der Waals surface area contributed by atoms with Crippen LogP contribution in [0.4, 0.5) is 0 Å². The molecule has 6 heteroatoms. The Bertz CT molecular complexity index is 710. The molecular weight excluding hydrogens is 463 g/mol. The zero-order valence-corrected chi connectivity index (χ0v) is 16.6. The molecular formula is C15H16BrIN2OS. The Morgan fingerprint density at radius 2 is 2.00 bits per heavy atom. The van der Waals surface area contributed by atoms with Crippen molar-refractivity contribution in [3.63, 3.8) is 0 Å². The van der Waals surface area contributed by atoms with Crippen LogP contribution in [0.15, 0.2) is 38.4 Å². The molecule has 0 aliphatic heterocycles. The molecule has 0 aliphatic carbocycles. The van der Waals surface area contributed by atoms with Crippen LogP contribution in [-0.2, 0) is 11.2 Å². The lowest BCUT2D eigenvalue weighted by molar-refractivity contribution is 0.557. The molecule has 0 saturated heterocycles. The summed E-state index contributed by atoms with van der Waals surface area (Å²) in [4.78, 5) is 20.7. The van der Waals surface area contributed by atoms with Crippen LogP contribution in [0, 0.1) is 3.57 Å². The van der Waals surface area contributed by atoms with Crippen LogP contribution < -0.4 is 5.56 Å². The van der Waals surface area contributed by atoms with Gasteiger partial charge in [-0.1, -0.05) is 32.9 Å². The molecule has 0 fully saturated rings. The number of halogens is 2. The fraction of sp³-hybridized carbons (Fsp3) is 0.333. The molecule has 0 amide bonds. The molecule has 3 nitrogen and oxygen atoms in total. The molecule has 0 spiro atoms. The van der Waals surface area contributed by atoms with Crippen molar-refractivity contribution in [3.05, 3.63) is 54.2 Å². The zero-order valence-electron chi connectivity index (χ0n) is 12.0. The normalized spacial score (nSPS) is 11.7. The number of aromatic amines is 1. The predicted octanol–water partition coefficient (Wildman–Crippen LogP) is 4.73. The Kier molecular flexibility index (Phi) is 5.54. The van der Waals surface area contributed by atoms with Gasteiger partial charge in [0.05, 0.1) is 11.4 Å². The highest BCUT2D eigenvalue weighted by atomic mass is 127. The Balaban J connectivity index is 2.28. The van der Waals surface area contributed by atoms with Gasteiger partial charge in [-0.3, -0.25) is 4.79 Å². The maximum absolute atomic E-state index is 12.1. The van der Waals surface area contributed by atoms with Crippen LogP contribution in [0.25, 0.3) is 0 Å². The Labute approximate surface area is 150 Å². The molecule has 0 radical (unpaired) electrons. The smallest absolute Gasteiger partial charge is 0.264 e. The molecule has 2 aromatic rings. The Morgan fingerprint density at radius 3 is 2.62 bits per heavy atom. The molecule has 1 aromatic carbocycles. The highest BCUT2D eigenvalue weighted by Crippen LogP contribution is 2.29. The van der Waals surface area contributed by atoms with Crippen molar-refractivity contribution in [2.45, 2.75) is 36.8 Å². The predicted molar refractivity (Wildman–Crippen MR) is 100.0 cm³/mol. The van der Waals surface area contributed by atoms with Crippen molar-refractivity contribution in [3.8, 4) is 0 Å². The number of hydrogen-bond donors (Lipinski definition) is 1. The van der Waals surface area contributed by atoms with Gasteiger partial charge in [-0.2, -0.15) is 0 Å². The molecule has 0 unspecified atom stereocenters. The summed E-state index contributed by atoms with van der Waals surface area (Å²) in [6, 6.07) is 8.03. The molecule has 0 atom stereocenters. The van der Waals surface area contributed by atoms with Gasteiger partial charge in [0.15, 0.2) is 0 Å². The largest absolute Gasteiger partial charge is 0.309 e. The minimum absolute atomic E-state index is 0.0572. The number of nitrogens with one attached hydrogen (secondary N) is 1. The second-order valence-corrected chi connectivity index (χ2v) is 8.59. The molecule has 0 aliphatic rings. The number of nitrogens with zero attached hydrogens (tertiary/aromatic N) is 1. The van der Waals surface area contributed by atoms with Crippen molar-refractivity contribution in [2.24, 2.45) is 0 Å². The van der Waals surface area contributed by atoms with E-state index in [1.165, 1.54) is 0 Å². The minimum Gasteiger partial charge on any atom is -0.309 e. The summed E-state index contributed by atoms with van der Waals surface area (Å²) in [5.74, 6) is 1.35. The van der Waals surface area contributed by atoms with Gasteiger partial charge in [0.2, 0.25) is 0 Å². The third-order valence-corrected chi connectivity index (χ3v) is 5.86. The van der Waals surface area contributed by atoms with Crippen LogP contribution in [-0.4, -0.2) is 9.97 Å². The summed E-state index contributed by atoms with van der Waals surface area (Å²) in [7, 11) is 0. The lowest BCUT2D eigenvalue weighted by Gasteiger charge is -2.19. The van der Waals surface area contributed by atoms with Gasteiger partial charge in [0.1, 0.15) is 9.39 Å². The van der Waals surface area contributed by atoms with Gasteiger partial charge in [0, 0.05) is 14.8 Å². The third kappa shape index (κ3) is 4.32. The van der Waals surface area contributed by atoms with E-state index >= 15 is 0 Å². The van der Waals surface area contributed by atoms with E-state index in [-0.39, 0.29) is 11.0 Å². The number of rotatable bonds is 3. The topological polar surface area (TPSA) is 45.8 Å². The first-order chi connectivity index (χ1) is 9.79. The molecule has 1 aromatic heterocycles. The molecule has 1 N–H and O–H groups in total. The van der Waals surface area contributed by atoms with E-state index in [1.54, 1.807) is 11.8 Å². The maximum atomic E-state index is 12.1. The van der Waals surface area contributed by atoms with Crippen molar-refractivity contribution < 1.29 is 0 Å². The van der Waals surface area contributed by atoms with Crippen LogP contribution in [0.2, 0.25) is 0 Å². The molecule has 2 rings (SSSR count). The lowest BCUT2D eigenvalue weighted by Crippen LogP contribution is -2.25. The van der Waals surface area contributed by atoms with E-state index in [9.17, 15) is 4.79 Å². The van der Waals surface area contributed by atoms with E-state index in [4.69, 9.17) is 0 Å². The van der Waals surface area contributed by atoms with Crippen molar-refractivity contribution in [1.29, 1.82) is 0 Å². The maximum Gasteiger partial charge on any atom is 0.264 e. The number of H-pyrrole nitrogens is 1. The molecule has 0 saturated carbocycles. The summed E-state index contributed by atoms with van der Waals surface area (Å²) in [5, 5.41) is 0. The summed E-state index contributed by atoms with van der Waals surface area (Å²) >= 11 is 7.25. The van der Waals surface area contributed by atoms with E-state index in [2.05, 4.69) is 69.3 Å². The van der Waals surface area contributed by atoms with Gasteiger partial charge >= 0.3 is 0 Å². The van der Waals surface area contributed by atoms with E-state index in [0.717, 1.165) is 15.1 Å². The SMILES string of the molecule is CC(C)(C)c1nc(CSc2ccccc2Br)[nH]c(=O)c1I. The standard InChI is InChI=1S/C15H16BrIN2OS/c1-15(2,3)13-12(17)14(20)19-11(18-13)8-21-10-7-5-4-6-9(10)16/h4-7H,8H2,1-3H3,(H,18,19,20). The molecule has 112 valence electrons. The van der Waals surface area contributed by atoms with Crippen molar-refractivity contribution >= 4 is 50.3 Å². The minimum atomic E-state index is -0.141. The summed E-state index contributed by atoms with van der Waals surface area (Å²) in [5.41, 5.74) is 0.658. The number of hydrogen-bond acceptors (Lipinski definition) is 3. The van der Waals surface area contributed by atoms with Gasteiger partial charge in [0.25, 0.3) is 5.56 Å². The highest BCUT2D eigenvalue weighted by Gasteiger charge is 2.21. The van der Waals surface area contributed by atoms with Gasteiger partial charge < -0.3 is 4.98 Å². The second-order valence-electron chi connectivity index (χ2n) is 5.64. The summed E-state index contributed by atoms with van der Waals surface area (Å²) < 4.78 is 1.73. The molecule has 1 heterocycles. The number of benzene rings is 1. The highest BCUT2D eigenvalue weighted by molar-refractivity contribution is 14.1. The number of thioether (sulfide) groups is 1. The van der Waals surface area contributed by atoms with E-state index in [0.29, 0.717) is 15.1 Å². The van der Waals surface area contributed by atoms with Crippen LogP contribution >= 0.6 is 50.3 Å². The van der Waals surface area contributed by atoms with Crippen LogP contribution in [0.3, 0.4) is 0 Å².